The first-order valence-electron chi connectivity index (χ1n) is 5.45. The summed E-state index contributed by atoms with van der Waals surface area (Å²) >= 11 is 0. The molecule has 0 aliphatic rings. The maximum absolute atomic E-state index is 6.14. The van der Waals surface area contributed by atoms with Crippen LogP contribution in [0, 0.1) is 6.92 Å². The van der Waals surface area contributed by atoms with Crippen LogP contribution >= 0.6 is 0 Å². The molecule has 1 heterocycles. The van der Waals surface area contributed by atoms with Crippen LogP contribution in [-0.4, -0.2) is 9.78 Å². The number of benzene rings is 1. The third-order valence-corrected chi connectivity index (χ3v) is 2.69. The van der Waals surface area contributed by atoms with Gasteiger partial charge >= 0.3 is 0 Å². The molecule has 1 aromatic carbocycles. The number of aryl methyl sites for hydroxylation is 2. The molecule has 0 spiro atoms. The van der Waals surface area contributed by atoms with Gasteiger partial charge in [0.25, 0.3) is 0 Å². The number of nitrogens with two attached hydrogens (primary N) is 1. The monoisotopic (exact) mass is 215 g/mol. The second-order valence-corrected chi connectivity index (χ2v) is 4.25. The van der Waals surface area contributed by atoms with Gasteiger partial charge in [0.1, 0.15) is 0 Å². The zero-order valence-corrected chi connectivity index (χ0v) is 9.72. The van der Waals surface area contributed by atoms with E-state index in [1.54, 1.807) is 4.68 Å². The molecule has 1 unspecified atom stereocenters. The largest absolute Gasteiger partial charge is 0.324 e. The first-order valence-corrected chi connectivity index (χ1v) is 5.45. The van der Waals surface area contributed by atoms with Crippen LogP contribution in [0.3, 0.4) is 0 Å². The van der Waals surface area contributed by atoms with E-state index in [1.165, 1.54) is 11.1 Å². The first kappa shape index (κ1) is 10.9. The van der Waals surface area contributed by atoms with E-state index in [2.05, 4.69) is 36.3 Å². The van der Waals surface area contributed by atoms with Crippen molar-refractivity contribution >= 4 is 0 Å². The van der Waals surface area contributed by atoms with Crippen molar-refractivity contribution in [2.24, 2.45) is 12.8 Å². The Morgan fingerprint density at radius 3 is 2.88 bits per heavy atom. The third kappa shape index (κ3) is 2.49. The average Bonchev–Trinajstić information content (AvgIpc) is 2.65. The molecule has 0 saturated heterocycles. The van der Waals surface area contributed by atoms with Crippen LogP contribution in [0.4, 0.5) is 0 Å². The highest BCUT2D eigenvalue weighted by atomic mass is 15.2. The zero-order valence-electron chi connectivity index (χ0n) is 9.72. The van der Waals surface area contributed by atoms with Crippen molar-refractivity contribution in [2.45, 2.75) is 19.4 Å². The van der Waals surface area contributed by atoms with Crippen LogP contribution in [0.15, 0.2) is 36.7 Å². The lowest BCUT2D eigenvalue weighted by Gasteiger charge is -2.09. The van der Waals surface area contributed by atoms with Gasteiger partial charge in [0.2, 0.25) is 0 Å². The molecule has 1 aromatic heterocycles. The van der Waals surface area contributed by atoms with E-state index < -0.39 is 0 Å². The fourth-order valence-electron chi connectivity index (χ4n) is 1.84. The van der Waals surface area contributed by atoms with Crippen molar-refractivity contribution in [1.29, 1.82) is 0 Å². The summed E-state index contributed by atoms with van der Waals surface area (Å²) < 4.78 is 1.78. The molecule has 0 bridgehead atoms. The number of hydrogen-bond donors (Lipinski definition) is 1. The highest BCUT2D eigenvalue weighted by Crippen LogP contribution is 2.15. The molecule has 3 nitrogen and oxygen atoms in total. The molecule has 1 atom stereocenters. The predicted octanol–water partition coefficient (Wildman–Crippen LogP) is 1.97. The molecular weight excluding hydrogens is 198 g/mol. The molecule has 0 aliphatic heterocycles. The van der Waals surface area contributed by atoms with Crippen LogP contribution in [-0.2, 0) is 13.5 Å². The minimum Gasteiger partial charge on any atom is -0.324 e. The van der Waals surface area contributed by atoms with E-state index in [-0.39, 0.29) is 6.04 Å². The maximum atomic E-state index is 6.14. The quantitative estimate of drug-likeness (QED) is 0.850. The molecule has 3 heteroatoms. The number of rotatable bonds is 3. The summed E-state index contributed by atoms with van der Waals surface area (Å²) in [5.41, 5.74) is 9.77. The Balaban J connectivity index is 2.10. The summed E-state index contributed by atoms with van der Waals surface area (Å²) in [5.74, 6) is 0. The third-order valence-electron chi connectivity index (χ3n) is 2.69. The Bertz CT molecular complexity index is 474. The van der Waals surface area contributed by atoms with Gasteiger partial charge in [-0.15, -0.1) is 0 Å². The van der Waals surface area contributed by atoms with Crippen molar-refractivity contribution in [1.82, 2.24) is 9.78 Å². The van der Waals surface area contributed by atoms with Gasteiger partial charge in [-0.05, 0) is 18.9 Å². The number of aromatic nitrogens is 2. The summed E-state index contributed by atoms with van der Waals surface area (Å²) in [7, 11) is 1.91. The normalized spacial score (nSPS) is 12.7. The lowest BCUT2D eigenvalue weighted by Crippen LogP contribution is -2.12. The molecule has 16 heavy (non-hydrogen) atoms. The number of nitrogens with zero attached hydrogens (tertiary/aromatic N) is 2. The predicted molar refractivity (Wildman–Crippen MR) is 65.0 cm³/mol. The maximum Gasteiger partial charge on any atom is 0.0537 e. The van der Waals surface area contributed by atoms with Crippen LogP contribution in [0.1, 0.15) is 22.7 Å². The Kier molecular flexibility index (Phi) is 3.06. The van der Waals surface area contributed by atoms with Crippen LogP contribution < -0.4 is 5.73 Å². The van der Waals surface area contributed by atoms with Crippen LogP contribution in [0.5, 0.6) is 0 Å². The summed E-state index contributed by atoms with van der Waals surface area (Å²) in [6.07, 6.45) is 4.66. The molecule has 2 aromatic rings. The molecule has 0 saturated carbocycles. The van der Waals surface area contributed by atoms with Gasteiger partial charge in [-0.2, -0.15) is 5.10 Å². The van der Waals surface area contributed by atoms with E-state index in [0.717, 1.165) is 12.0 Å². The van der Waals surface area contributed by atoms with Crippen molar-refractivity contribution in [3.63, 3.8) is 0 Å². The van der Waals surface area contributed by atoms with Gasteiger partial charge in [-0.3, -0.25) is 4.68 Å². The van der Waals surface area contributed by atoms with Crippen molar-refractivity contribution in [2.75, 3.05) is 0 Å². The first-order chi connectivity index (χ1) is 7.65. The molecule has 0 amide bonds. The highest BCUT2D eigenvalue weighted by molar-refractivity contribution is 5.24. The Morgan fingerprint density at radius 1 is 1.44 bits per heavy atom. The van der Waals surface area contributed by atoms with Crippen molar-refractivity contribution < 1.29 is 0 Å². The Hall–Kier alpha value is -1.61. The fraction of sp³-hybridized carbons (Fsp3) is 0.308. The summed E-state index contributed by atoms with van der Waals surface area (Å²) in [5, 5.41) is 4.13. The van der Waals surface area contributed by atoms with Crippen molar-refractivity contribution in [3.05, 3.63) is 53.3 Å². The van der Waals surface area contributed by atoms with Gasteiger partial charge in [0, 0.05) is 24.8 Å². The molecule has 0 radical (unpaired) electrons. The topological polar surface area (TPSA) is 43.8 Å². The molecule has 0 aliphatic carbocycles. The lowest BCUT2D eigenvalue weighted by molar-refractivity contribution is 0.717. The second-order valence-electron chi connectivity index (χ2n) is 4.25. The fourth-order valence-corrected chi connectivity index (χ4v) is 1.84. The van der Waals surface area contributed by atoms with Crippen molar-refractivity contribution in [3.8, 4) is 0 Å². The average molecular weight is 215 g/mol. The molecule has 2 rings (SSSR count). The van der Waals surface area contributed by atoms with Crippen LogP contribution in [0.25, 0.3) is 0 Å². The van der Waals surface area contributed by atoms with Crippen LogP contribution in [0.2, 0.25) is 0 Å². The van der Waals surface area contributed by atoms with E-state index in [9.17, 15) is 0 Å². The van der Waals surface area contributed by atoms with Gasteiger partial charge in [0.05, 0.1) is 6.20 Å². The molecule has 0 fully saturated rings. The van der Waals surface area contributed by atoms with E-state index >= 15 is 0 Å². The molecular formula is C13H17N3. The van der Waals surface area contributed by atoms with E-state index in [0.29, 0.717) is 0 Å². The summed E-state index contributed by atoms with van der Waals surface area (Å²) in [6, 6.07) is 8.48. The second kappa shape index (κ2) is 4.49. The Labute approximate surface area is 95.9 Å². The standard InChI is InChI=1S/C13H17N3/c1-10-4-3-5-11(6-10)7-13(14)12-8-15-16(2)9-12/h3-6,8-9,13H,7,14H2,1-2H3. The Morgan fingerprint density at radius 2 is 2.25 bits per heavy atom. The SMILES string of the molecule is Cc1cccc(CC(N)c2cnn(C)c2)c1. The molecule has 2 N–H and O–H groups in total. The minimum absolute atomic E-state index is 0.0236. The van der Waals surface area contributed by atoms with Gasteiger partial charge in [0.15, 0.2) is 0 Å². The van der Waals surface area contributed by atoms with E-state index in [4.69, 9.17) is 5.73 Å². The van der Waals surface area contributed by atoms with Gasteiger partial charge < -0.3 is 5.73 Å². The smallest absolute Gasteiger partial charge is 0.0537 e. The zero-order chi connectivity index (χ0) is 11.5. The number of hydrogen-bond acceptors (Lipinski definition) is 2. The lowest BCUT2D eigenvalue weighted by atomic mass is 10.0. The van der Waals surface area contributed by atoms with Gasteiger partial charge in [-0.1, -0.05) is 29.8 Å². The highest BCUT2D eigenvalue weighted by Gasteiger charge is 2.08. The molecule has 84 valence electrons. The van der Waals surface area contributed by atoms with E-state index in [1.807, 2.05) is 19.4 Å². The minimum atomic E-state index is 0.0236. The summed E-state index contributed by atoms with van der Waals surface area (Å²) in [6.45, 7) is 2.10. The van der Waals surface area contributed by atoms with Gasteiger partial charge in [-0.25, -0.2) is 0 Å². The summed E-state index contributed by atoms with van der Waals surface area (Å²) in [4.78, 5) is 0.